The Morgan fingerprint density at radius 2 is 1.86 bits per heavy atom. The van der Waals surface area contributed by atoms with Gasteiger partial charge in [-0.15, -0.1) is 24.8 Å². The molecule has 6 nitrogen and oxygen atoms in total. The van der Waals surface area contributed by atoms with E-state index in [0.29, 0.717) is 19.0 Å². The Morgan fingerprint density at radius 3 is 2.59 bits per heavy atom. The van der Waals surface area contributed by atoms with Gasteiger partial charge in [0.05, 0.1) is 18.7 Å². The number of nitrogens with zero attached hydrogens (tertiary/aromatic N) is 3. The molecular formula is C14H21Cl2N5O. The van der Waals surface area contributed by atoms with Gasteiger partial charge in [-0.1, -0.05) is 12.1 Å². The Balaban J connectivity index is 0.00000121. The minimum atomic E-state index is 0. The normalized spacial score (nSPS) is 14.1. The molecule has 122 valence electrons. The monoisotopic (exact) mass is 345 g/mol. The predicted molar refractivity (Wildman–Crippen MR) is 94.6 cm³/mol. The van der Waals surface area contributed by atoms with Crippen LogP contribution in [-0.2, 0) is 4.74 Å². The van der Waals surface area contributed by atoms with Gasteiger partial charge >= 0.3 is 0 Å². The minimum Gasteiger partial charge on any atom is -0.378 e. The molecule has 1 aliphatic heterocycles. The number of benzene rings is 1. The second kappa shape index (κ2) is 8.95. The van der Waals surface area contributed by atoms with Crippen LogP contribution in [0.15, 0.2) is 24.3 Å². The fourth-order valence-corrected chi connectivity index (χ4v) is 2.34. The first-order chi connectivity index (χ1) is 9.88. The van der Waals surface area contributed by atoms with Crippen LogP contribution in [0.4, 0.5) is 11.8 Å². The van der Waals surface area contributed by atoms with Gasteiger partial charge in [0.1, 0.15) is 5.82 Å². The Morgan fingerprint density at radius 1 is 1.14 bits per heavy atom. The molecule has 0 bridgehead atoms. The maximum absolute atomic E-state index is 5.52. The first-order valence-electron chi connectivity index (χ1n) is 6.92. The lowest BCUT2D eigenvalue weighted by atomic mass is 10.2. The van der Waals surface area contributed by atoms with Gasteiger partial charge in [-0.25, -0.2) is 4.98 Å². The molecule has 0 atom stereocenters. The van der Waals surface area contributed by atoms with Crippen LogP contribution in [0.25, 0.3) is 10.9 Å². The van der Waals surface area contributed by atoms with Crippen LogP contribution < -0.4 is 16.0 Å². The van der Waals surface area contributed by atoms with E-state index in [9.17, 15) is 0 Å². The highest BCUT2D eigenvalue weighted by molar-refractivity contribution is 5.90. The first-order valence-corrected chi connectivity index (χ1v) is 6.92. The zero-order valence-electron chi connectivity index (χ0n) is 12.2. The van der Waals surface area contributed by atoms with Gasteiger partial charge in [0.2, 0.25) is 5.95 Å². The van der Waals surface area contributed by atoms with Crippen molar-refractivity contribution in [2.75, 3.05) is 49.6 Å². The van der Waals surface area contributed by atoms with E-state index in [0.717, 1.165) is 43.0 Å². The number of aromatic nitrogens is 2. The standard InChI is InChI=1S/C14H19N5O.2ClH/c15-5-6-16-14-17-12-4-2-1-3-11(12)13(18-14)19-7-9-20-10-8-19;;/h1-4H,5-10,15H2,(H,16,17,18);2*1H. The molecule has 22 heavy (non-hydrogen) atoms. The SMILES string of the molecule is Cl.Cl.NCCNc1nc(N2CCOCC2)c2ccccc2n1. The largest absolute Gasteiger partial charge is 0.378 e. The fraction of sp³-hybridized carbons (Fsp3) is 0.429. The number of nitrogens with one attached hydrogen (secondary N) is 1. The maximum Gasteiger partial charge on any atom is 0.225 e. The minimum absolute atomic E-state index is 0. The number of hydrogen-bond acceptors (Lipinski definition) is 6. The summed E-state index contributed by atoms with van der Waals surface area (Å²) in [6.45, 7) is 4.42. The summed E-state index contributed by atoms with van der Waals surface area (Å²) < 4.78 is 5.41. The molecule has 2 heterocycles. The summed E-state index contributed by atoms with van der Waals surface area (Å²) in [7, 11) is 0. The molecule has 1 aromatic heterocycles. The summed E-state index contributed by atoms with van der Waals surface area (Å²) >= 11 is 0. The van der Waals surface area contributed by atoms with Crippen LogP contribution in [0, 0.1) is 0 Å². The van der Waals surface area contributed by atoms with Gasteiger partial charge in [-0.2, -0.15) is 4.98 Å². The fourth-order valence-electron chi connectivity index (χ4n) is 2.34. The molecule has 8 heteroatoms. The Labute approximate surface area is 142 Å². The van der Waals surface area contributed by atoms with E-state index < -0.39 is 0 Å². The predicted octanol–water partition coefficient (Wildman–Crippen LogP) is 1.68. The first kappa shape index (κ1) is 18.7. The molecule has 0 radical (unpaired) electrons. The molecule has 1 aromatic carbocycles. The quantitative estimate of drug-likeness (QED) is 0.877. The molecule has 0 amide bonds. The van der Waals surface area contributed by atoms with E-state index in [1.807, 2.05) is 18.2 Å². The van der Waals surface area contributed by atoms with E-state index in [2.05, 4.69) is 26.3 Å². The number of fused-ring (bicyclic) bond motifs is 1. The average Bonchev–Trinajstić information content (AvgIpc) is 2.53. The zero-order chi connectivity index (χ0) is 13.8. The molecular weight excluding hydrogens is 325 g/mol. The summed E-state index contributed by atoms with van der Waals surface area (Å²) in [5.41, 5.74) is 6.47. The van der Waals surface area contributed by atoms with E-state index >= 15 is 0 Å². The third-order valence-corrected chi connectivity index (χ3v) is 3.32. The van der Waals surface area contributed by atoms with Crippen molar-refractivity contribution >= 4 is 47.5 Å². The Hall–Kier alpha value is -1.34. The summed E-state index contributed by atoms with van der Waals surface area (Å²) in [4.78, 5) is 11.4. The highest BCUT2D eigenvalue weighted by Crippen LogP contribution is 2.25. The summed E-state index contributed by atoms with van der Waals surface area (Å²) in [5.74, 6) is 1.61. The number of nitrogens with two attached hydrogens (primary N) is 1. The van der Waals surface area contributed by atoms with Crippen molar-refractivity contribution in [2.45, 2.75) is 0 Å². The van der Waals surface area contributed by atoms with E-state index in [1.165, 1.54) is 0 Å². The lowest BCUT2D eigenvalue weighted by molar-refractivity contribution is 0.122. The molecule has 0 saturated carbocycles. The molecule has 0 spiro atoms. The maximum atomic E-state index is 5.52. The van der Waals surface area contributed by atoms with Gasteiger partial charge in [0.25, 0.3) is 0 Å². The molecule has 1 fully saturated rings. The van der Waals surface area contributed by atoms with E-state index in [-0.39, 0.29) is 24.8 Å². The highest BCUT2D eigenvalue weighted by Gasteiger charge is 2.16. The second-order valence-corrected chi connectivity index (χ2v) is 4.70. The van der Waals surface area contributed by atoms with E-state index in [4.69, 9.17) is 10.5 Å². The van der Waals surface area contributed by atoms with Gasteiger partial charge in [0.15, 0.2) is 0 Å². The Bertz CT molecular complexity index is 592. The van der Waals surface area contributed by atoms with Crippen molar-refractivity contribution in [3.05, 3.63) is 24.3 Å². The lowest BCUT2D eigenvalue weighted by Crippen LogP contribution is -2.37. The molecule has 1 aliphatic rings. The third-order valence-electron chi connectivity index (χ3n) is 3.32. The van der Waals surface area contributed by atoms with E-state index in [1.54, 1.807) is 0 Å². The smallest absolute Gasteiger partial charge is 0.225 e. The van der Waals surface area contributed by atoms with Crippen LogP contribution in [0.3, 0.4) is 0 Å². The van der Waals surface area contributed by atoms with Crippen molar-refractivity contribution in [1.82, 2.24) is 9.97 Å². The van der Waals surface area contributed by atoms with Crippen LogP contribution >= 0.6 is 24.8 Å². The van der Waals surface area contributed by atoms with Crippen LogP contribution in [-0.4, -0.2) is 49.4 Å². The van der Waals surface area contributed by atoms with Crippen molar-refractivity contribution in [3.8, 4) is 0 Å². The lowest BCUT2D eigenvalue weighted by Gasteiger charge is -2.29. The molecule has 3 rings (SSSR count). The van der Waals surface area contributed by atoms with Gasteiger partial charge < -0.3 is 20.7 Å². The van der Waals surface area contributed by atoms with Gasteiger partial charge in [-0.05, 0) is 12.1 Å². The van der Waals surface area contributed by atoms with Gasteiger partial charge in [0, 0.05) is 31.6 Å². The topological polar surface area (TPSA) is 76.3 Å². The van der Waals surface area contributed by atoms with Gasteiger partial charge in [-0.3, -0.25) is 0 Å². The highest BCUT2D eigenvalue weighted by atomic mass is 35.5. The number of rotatable bonds is 4. The summed E-state index contributed by atoms with van der Waals surface area (Å²) in [6, 6.07) is 8.08. The second-order valence-electron chi connectivity index (χ2n) is 4.70. The third kappa shape index (κ3) is 4.10. The van der Waals surface area contributed by atoms with Crippen molar-refractivity contribution in [2.24, 2.45) is 5.73 Å². The number of para-hydroxylation sites is 1. The number of hydrogen-bond donors (Lipinski definition) is 2. The number of halogens is 2. The van der Waals surface area contributed by atoms with Crippen molar-refractivity contribution in [1.29, 1.82) is 0 Å². The van der Waals surface area contributed by atoms with Crippen molar-refractivity contribution in [3.63, 3.8) is 0 Å². The number of morpholine rings is 1. The van der Waals surface area contributed by atoms with Crippen LogP contribution in [0.2, 0.25) is 0 Å². The van der Waals surface area contributed by atoms with Crippen LogP contribution in [0.5, 0.6) is 0 Å². The molecule has 2 aromatic rings. The Kier molecular flexibility index (Phi) is 7.61. The summed E-state index contributed by atoms with van der Waals surface area (Å²) in [6.07, 6.45) is 0. The summed E-state index contributed by atoms with van der Waals surface area (Å²) in [5, 5.41) is 4.24. The van der Waals surface area contributed by atoms with Crippen molar-refractivity contribution < 1.29 is 4.74 Å². The number of anilines is 2. The zero-order valence-corrected chi connectivity index (χ0v) is 13.8. The molecule has 1 saturated heterocycles. The molecule has 0 unspecified atom stereocenters. The molecule has 0 aliphatic carbocycles. The average molecular weight is 346 g/mol. The number of ether oxygens (including phenoxy) is 1. The molecule has 3 N–H and O–H groups in total. The van der Waals surface area contributed by atoms with Crippen LogP contribution in [0.1, 0.15) is 0 Å².